The molecule has 1 aromatic rings. The summed E-state index contributed by atoms with van der Waals surface area (Å²) in [6.45, 7) is 5.29. The third kappa shape index (κ3) is 3.90. The number of hydrogen-bond donors (Lipinski definition) is 1. The number of likely N-dealkylation sites (tertiary alicyclic amines) is 1. The van der Waals surface area contributed by atoms with E-state index in [4.69, 9.17) is 10.7 Å². The molecule has 1 aliphatic carbocycles. The maximum atomic E-state index is 6.18. The lowest BCUT2D eigenvalue weighted by molar-refractivity contribution is 0.277. The van der Waals surface area contributed by atoms with E-state index in [1.807, 2.05) is 0 Å². The van der Waals surface area contributed by atoms with Crippen LogP contribution in [0.4, 0.5) is 0 Å². The lowest BCUT2D eigenvalue weighted by Crippen LogP contribution is -2.42. The Kier molecular flexibility index (Phi) is 5.52. The number of hydrogen-bond acceptors (Lipinski definition) is 1. The molecule has 0 unspecified atom stereocenters. The van der Waals surface area contributed by atoms with Crippen molar-refractivity contribution in [2.75, 3.05) is 19.6 Å². The van der Waals surface area contributed by atoms with Crippen molar-refractivity contribution in [1.82, 2.24) is 4.90 Å². The number of rotatable bonds is 3. The average Bonchev–Trinajstić information content (AvgIpc) is 3.28. The molecule has 0 atom stereocenters. The molecule has 3 nitrogen and oxygen atoms in total. The standard InChI is InChI=1S/C17H25N3.HI/c1-14-7-11-20(12-8-14)16(18)19-13-17(9-10-17)15-5-3-2-4-6-15;/h2-6,14H,7-13H2,1H3,(H2,18,19);1H. The summed E-state index contributed by atoms with van der Waals surface area (Å²) in [7, 11) is 0. The van der Waals surface area contributed by atoms with Gasteiger partial charge in [-0.3, -0.25) is 4.99 Å². The van der Waals surface area contributed by atoms with Crippen LogP contribution in [0.15, 0.2) is 35.3 Å². The van der Waals surface area contributed by atoms with E-state index in [1.54, 1.807) is 0 Å². The fraction of sp³-hybridized carbons (Fsp3) is 0.588. The molecule has 1 aliphatic heterocycles. The summed E-state index contributed by atoms with van der Waals surface area (Å²) in [6, 6.07) is 10.8. The molecule has 2 N–H and O–H groups in total. The molecule has 0 bridgehead atoms. The first-order chi connectivity index (χ1) is 9.70. The number of guanidine groups is 1. The highest BCUT2D eigenvalue weighted by Gasteiger charge is 2.44. The van der Waals surface area contributed by atoms with E-state index in [0.29, 0.717) is 0 Å². The fourth-order valence-electron chi connectivity index (χ4n) is 3.05. The lowest BCUT2D eigenvalue weighted by atomic mass is 9.96. The summed E-state index contributed by atoms with van der Waals surface area (Å²) in [5, 5.41) is 0. The van der Waals surface area contributed by atoms with Gasteiger partial charge in [0.25, 0.3) is 0 Å². The minimum Gasteiger partial charge on any atom is -0.370 e. The SMILES string of the molecule is CC1CCN(C(N)=NCC2(c3ccccc3)CC2)CC1.I. The molecule has 1 saturated carbocycles. The molecular formula is C17H26IN3. The third-order valence-corrected chi connectivity index (χ3v) is 4.89. The zero-order valence-electron chi connectivity index (χ0n) is 12.8. The fourth-order valence-corrected chi connectivity index (χ4v) is 3.05. The van der Waals surface area contributed by atoms with Crippen LogP contribution in [0.2, 0.25) is 0 Å². The molecular weight excluding hydrogens is 373 g/mol. The van der Waals surface area contributed by atoms with Gasteiger partial charge in [-0.05, 0) is 37.2 Å². The van der Waals surface area contributed by atoms with E-state index in [2.05, 4.69) is 42.2 Å². The number of piperidine rings is 1. The predicted octanol–water partition coefficient (Wildman–Crippen LogP) is 3.38. The number of nitrogens with zero attached hydrogens (tertiary/aromatic N) is 2. The van der Waals surface area contributed by atoms with Crippen molar-refractivity contribution in [3.05, 3.63) is 35.9 Å². The highest BCUT2D eigenvalue weighted by molar-refractivity contribution is 14.0. The summed E-state index contributed by atoms with van der Waals surface area (Å²) in [5.41, 5.74) is 7.88. The minimum atomic E-state index is 0. The Bertz CT molecular complexity index is 474. The summed E-state index contributed by atoms with van der Waals surface area (Å²) in [4.78, 5) is 6.95. The molecule has 0 radical (unpaired) electrons. The van der Waals surface area contributed by atoms with Crippen molar-refractivity contribution in [3.63, 3.8) is 0 Å². The minimum absolute atomic E-state index is 0. The number of benzene rings is 1. The number of halogens is 1. The van der Waals surface area contributed by atoms with Gasteiger partial charge in [-0.1, -0.05) is 37.3 Å². The molecule has 1 aromatic carbocycles. The van der Waals surface area contributed by atoms with Crippen LogP contribution in [0.25, 0.3) is 0 Å². The number of nitrogens with two attached hydrogens (primary N) is 1. The molecule has 0 amide bonds. The Morgan fingerprint density at radius 3 is 2.43 bits per heavy atom. The van der Waals surface area contributed by atoms with Crippen LogP contribution in [0.3, 0.4) is 0 Å². The highest BCUT2D eigenvalue weighted by Crippen LogP contribution is 2.48. The van der Waals surface area contributed by atoms with Gasteiger partial charge < -0.3 is 10.6 Å². The topological polar surface area (TPSA) is 41.6 Å². The maximum Gasteiger partial charge on any atom is 0.191 e. The normalized spacial score (nSPS) is 21.8. The van der Waals surface area contributed by atoms with Crippen molar-refractivity contribution in [2.45, 2.75) is 38.0 Å². The van der Waals surface area contributed by atoms with Crippen molar-refractivity contribution in [3.8, 4) is 0 Å². The van der Waals surface area contributed by atoms with E-state index in [1.165, 1.54) is 31.2 Å². The van der Waals surface area contributed by atoms with E-state index in [0.717, 1.165) is 31.5 Å². The van der Waals surface area contributed by atoms with Gasteiger partial charge in [-0.15, -0.1) is 24.0 Å². The number of aliphatic imine (C=N–C) groups is 1. The third-order valence-electron chi connectivity index (χ3n) is 4.89. The highest BCUT2D eigenvalue weighted by atomic mass is 127. The maximum absolute atomic E-state index is 6.18. The van der Waals surface area contributed by atoms with Gasteiger partial charge >= 0.3 is 0 Å². The van der Waals surface area contributed by atoms with Crippen molar-refractivity contribution in [2.24, 2.45) is 16.6 Å². The molecule has 1 saturated heterocycles. The van der Waals surface area contributed by atoms with E-state index < -0.39 is 0 Å². The van der Waals surface area contributed by atoms with Gasteiger partial charge in [0.2, 0.25) is 0 Å². The van der Waals surface area contributed by atoms with Crippen molar-refractivity contribution < 1.29 is 0 Å². The zero-order valence-corrected chi connectivity index (χ0v) is 15.1. The smallest absolute Gasteiger partial charge is 0.191 e. The Labute approximate surface area is 145 Å². The van der Waals surface area contributed by atoms with Crippen LogP contribution < -0.4 is 5.73 Å². The van der Waals surface area contributed by atoms with Crippen LogP contribution >= 0.6 is 24.0 Å². The zero-order chi connectivity index (χ0) is 14.0. The quantitative estimate of drug-likeness (QED) is 0.481. The Morgan fingerprint density at radius 2 is 1.86 bits per heavy atom. The summed E-state index contributed by atoms with van der Waals surface area (Å²) in [5.74, 6) is 1.58. The Balaban J connectivity index is 0.00000161. The monoisotopic (exact) mass is 399 g/mol. The van der Waals surface area contributed by atoms with Crippen molar-refractivity contribution >= 4 is 29.9 Å². The van der Waals surface area contributed by atoms with Gasteiger partial charge in [0.15, 0.2) is 5.96 Å². The molecule has 3 rings (SSSR count). The molecule has 0 spiro atoms. The molecule has 2 fully saturated rings. The molecule has 116 valence electrons. The van der Waals surface area contributed by atoms with Crippen LogP contribution in [0.5, 0.6) is 0 Å². The average molecular weight is 399 g/mol. The second-order valence-corrected chi connectivity index (χ2v) is 6.49. The van der Waals surface area contributed by atoms with Crippen LogP contribution in [-0.2, 0) is 5.41 Å². The van der Waals surface area contributed by atoms with Gasteiger partial charge in [-0.2, -0.15) is 0 Å². The van der Waals surface area contributed by atoms with Gasteiger partial charge in [0, 0.05) is 18.5 Å². The van der Waals surface area contributed by atoms with Crippen molar-refractivity contribution in [1.29, 1.82) is 0 Å². The lowest BCUT2D eigenvalue weighted by Gasteiger charge is -2.31. The van der Waals surface area contributed by atoms with E-state index in [9.17, 15) is 0 Å². The van der Waals surface area contributed by atoms with Gasteiger partial charge in [0.1, 0.15) is 0 Å². The second-order valence-electron chi connectivity index (χ2n) is 6.49. The molecule has 21 heavy (non-hydrogen) atoms. The van der Waals surface area contributed by atoms with E-state index >= 15 is 0 Å². The van der Waals surface area contributed by atoms with Crippen LogP contribution in [0, 0.1) is 5.92 Å². The Morgan fingerprint density at radius 1 is 1.24 bits per heavy atom. The molecule has 0 aromatic heterocycles. The predicted molar refractivity (Wildman–Crippen MR) is 99.2 cm³/mol. The first-order valence-electron chi connectivity index (χ1n) is 7.80. The first kappa shape index (κ1) is 16.6. The van der Waals surface area contributed by atoms with Gasteiger partial charge in [-0.25, -0.2) is 0 Å². The largest absolute Gasteiger partial charge is 0.370 e. The first-order valence-corrected chi connectivity index (χ1v) is 7.80. The second kappa shape index (κ2) is 6.99. The molecule has 2 aliphatic rings. The van der Waals surface area contributed by atoms with Crippen LogP contribution in [0.1, 0.15) is 38.2 Å². The summed E-state index contributed by atoms with van der Waals surface area (Å²) < 4.78 is 0. The summed E-state index contributed by atoms with van der Waals surface area (Å²) >= 11 is 0. The molecule has 1 heterocycles. The van der Waals surface area contributed by atoms with Gasteiger partial charge in [0.05, 0.1) is 6.54 Å². The van der Waals surface area contributed by atoms with E-state index in [-0.39, 0.29) is 29.4 Å². The molecule has 4 heteroatoms. The van der Waals surface area contributed by atoms with Crippen LogP contribution in [-0.4, -0.2) is 30.5 Å². The summed E-state index contributed by atoms with van der Waals surface area (Å²) in [6.07, 6.45) is 4.95. The Hall–Kier alpha value is -0.780.